The van der Waals surface area contributed by atoms with E-state index in [4.69, 9.17) is 14.5 Å². The minimum atomic E-state index is 0. The van der Waals surface area contributed by atoms with Gasteiger partial charge in [-0.25, -0.2) is 0 Å². The van der Waals surface area contributed by atoms with Crippen molar-refractivity contribution >= 4 is 29.9 Å². The van der Waals surface area contributed by atoms with E-state index in [2.05, 4.69) is 17.1 Å². The van der Waals surface area contributed by atoms with E-state index in [1.165, 1.54) is 6.42 Å². The summed E-state index contributed by atoms with van der Waals surface area (Å²) in [6.07, 6.45) is 2.09. The number of ether oxygens (including phenoxy) is 2. The normalized spacial score (nSPS) is 17.5. The molecule has 1 aromatic rings. The van der Waals surface area contributed by atoms with E-state index < -0.39 is 0 Å². The third-order valence-corrected chi connectivity index (χ3v) is 3.90. The first-order valence-corrected chi connectivity index (χ1v) is 8.53. The highest BCUT2D eigenvalue weighted by atomic mass is 127. The summed E-state index contributed by atoms with van der Waals surface area (Å²) in [6, 6.07) is 9.93. The SMILES string of the molecule is CCNC(=NCCCOc1ccccc1)N1CCC(COC)C1.I. The smallest absolute Gasteiger partial charge is 0.193 e. The molecule has 0 spiro atoms. The Hall–Kier alpha value is -1.02. The summed E-state index contributed by atoms with van der Waals surface area (Å²) >= 11 is 0. The number of nitrogens with zero attached hydrogens (tertiary/aromatic N) is 2. The number of para-hydroxylation sites is 1. The Morgan fingerprint density at radius 2 is 2.12 bits per heavy atom. The monoisotopic (exact) mass is 447 g/mol. The Labute approximate surface area is 162 Å². The molecule has 0 saturated carbocycles. The van der Waals surface area contributed by atoms with E-state index in [9.17, 15) is 0 Å². The van der Waals surface area contributed by atoms with Crippen LogP contribution in [0, 0.1) is 5.92 Å². The van der Waals surface area contributed by atoms with E-state index >= 15 is 0 Å². The number of likely N-dealkylation sites (tertiary alicyclic amines) is 1. The van der Waals surface area contributed by atoms with Gasteiger partial charge in [0.15, 0.2) is 5.96 Å². The van der Waals surface area contributed by atoms with Gasteiger partial charge in [-0.15, -0.1) is 24.0 Å². The molecule has 1 heterocycles. The second-order valence-corrected chi connectivity index (χ2v) is 5.81. The highest BCUT2D eigenvalue weighted by Gasteiger charge is 2.24. The number of benzene rings is 1. The maximum absolute atomic E-state index is 5.70. The molecule has 0 bridgehead atoms. The van der Waals surface area contributed by atoms with Crippen LogP contribution in [-0.2, 0) is 4.74 Å². The van der Waals surface area contributed by atoms with Gasteiger partial charge >= 0.3 is 0 Å². The maximum atomic E-state index is 5.70. The van der Waals surface area contributed by atoms with E-state index in [1.54, 1.807) is 7.11 Å². The highest BCUT2D eigenvalue weighted by Crippen LogP contribution is 2.16. The molecule has 1 unspecified atom stereocenters. The van der Waals surface area contributed by atoms with Crippen LogP contribution in [0.15, 0.2) is 35.3 Å². The molecule has 5 nitrogen and oxygen atoms in total. The molecule has 1 aromatic carbocycles. The van der Waals surface area contributed by atoms with Gasteiger partial charge in [-0.3, -0.25) is 4.99 Å². The predicted octanol–water partition coefficient (Wildman–Crippen LogP) is 3.01. The van der Waals surface area contributed by atoms with Crippen LogP contribution in [0.3, 0.4) is 0 Å². The molecule has 1 N–H and O–H groups in total. The maximum Gasteiger partial charge on any atom is 0.193 e. The van der Waals surface area contributed by atoms with Crippen LogP contribution >= 0.6 is 24.0 Å². The molecule has 6 heteroatoms. The standard InChI is InChI=1S/C18H29N3O2.HI/c1-3-19-18(21-12-10-16(14-21)15-22-2)20-11-7-13-23-17-8-5-4-6-9-17;/h4-6,8-9,16H,3,7,10-15H2,1-2H3,(H,19,20);1H. The van der Waals surface area contributed by atoms with Crippen molar-refractivity contribution in [3.8, 4) is 5.75 Å². The second-order valence-electron chi connectivity index (χ2n) is 5.81. The first-order chi connectivity index (χ1) is 11.3. The van der Waals surface area contributed by atoms with E-state index in [0.717, 1.165) is 50.9 Å². The van der Waals surface area contributed by atoms with Gasteiger partial charge in [0, 0.05) is 45.6 Å². The first kappa shape index (κ1) is 21.0. The molecule has 1 saturated heterocycles. The summed E-state index contributed by atoms with van der Waals surface area (Å²) in [7, 11) is 1.77. The first-order valence-electron chi connectivity index (χ1n) is 8.53. The quantitative estimate of drug-likeness (QED) is 0.288. The van der Waals surface area contributed by atoms with Crippen molar-refractivity contribution in [3.63, 3.8) is 0 Å². The predicted molar refractivity (Wildman–Crippen MR) is 110 cm³/mol. The molecule has 1 atom stereocenters. The lowest BCUT2D eigenvalue weighted by atomic mass is 10.1. The van der Waals surface area contributed by atoms with Crippen LogP contribution in [-0.4, -0.2) is 57.4 Å². The molecule has 136 valence electrons. The summed E-state index contributed by atoms with van der Waals surface area (Å²) in [4.78, 5) is 7.07. The minimum Gasteiger partial charge on any atom is -0.494 e. The zero-order valence-corrected chi connectivity index (χ0v) is 17.1. The molecule has 1 aliphatic heterocycles. The minimum absolute atomic E-state index is 0. The number of aliphatic imine (C=N–C) groups is 1. The van der Waals surface area contributed by atoms with Crippen LogP contribution in [0.1, 0.15) is 19.8 Å². The topological polar surface area (TPSA) is 46.1 Å². The third-order valence-electron chi connectivity index (χ3n) is 3.90. The zero-order valence-electron chi connectivity index (χ0n) is 14.7. The van der Waals surface area contributed by atoms with Gasteiger partial charge in [0.2, 0.25) is 0 Å². The fraction of sp³-hybridized carbons (Fsp3) is 0.611. The van der Waals surface area contributed by atoms with Gasteiger partial charge in [0.05, 0.1) is 13.2 Å². The van der Waals surface area contributed by atoms with Crippen LogP contribution in [0.4, 0.5) is 0 Å². The molecule has 1 fully saturated rings. The van der Waals surface area contributed by atoms with Crippen molar-refractivity contribution in [1.82, 2.24) is 10.2 Å². The van der Waals surface area contributed by atoms with Gasteiger partial charge in [-0.1, -0.05) is 18.2 Å². The number of guanidine groups is 1. The Kier molecular flexibility index (Phi) is 10.8. The summed E-state index contributed by atoms with van der Waals surface area (Å²) in [5.41, 5.74) is 0. The number of rotatable bonds is 8. The van der Waals surface area contributed by atoms with E-state index in [-0.39, 0.29) is 24.0 Å². The largest absolute Gasteiger partial charge is 0.494 e. The van der Waals surface area contributed by atoms with Crippen LogP contribution in [0.2, 0.25) is 0 Å². The molecule has 0 amide bonds. The Balaban J connectivity index is 0.00000288. The Morgan fingerprint density at radius 3 is 2.83 bits per heavy atom. The number of nitrogens with one attached hydrogen (secondary N) is 1. The van der Waals surface area contributed by atoms with Crippen molar-refractivity contribution in [2.45, 2.75) is 19.8 Å². The van der Waals surface area contributed by atoms with Crippen molar-refractivity contribution in [3.05, 3.63) is 30.3 Å². The lowest BCUT2D eigenvalue weighted by Gasteiger charge is -2.21. The van der Waals surface area contributed by atoms with Gasteiger partial charge < -0.3 is 19.7 Å². The van der Waals surface area contributed by atoms with Crippen LogP contribution < -0.4 is 10.1 Å². The molecule has 1 aliphatic rings. The summed E-state index contributed by atoms with van der Waals surface area (Å²) in [5, 5.41) is 3.39. The Morgan fingerprint density at radius 1 is 1.33 bits per heavy atom. The molecule has 0 radical (unpaired) electrons. The zero-order chi connectivity index (χ0) is 16.3. The van der Waals surface area contributed by atoms with Gasteiger partial charge in [0.25, 0.3) is 0 Å². The fourth-order valence-corrected chi connectivity index (χ4v) is 2.78. The molecule has 0 aromatic heterocycles. The van der Waals surface area contributed by atoms with Gasteiger partial charge in [-0.2, -0.15) is 0 Å². The number of methoxy groups -OCH3 is 1. The lowest BCUT2D eigenvalue weighted by molar-refractivity contribution is 0.157. The second kappa shape index (κ2) is 12.4. The van der Waals surface area contributed by atoms with E-state index in [1.807, 2.05) is 30.3 Å². The fourth-order valence-electron chi connectivity index (χ4n) is 2.78. The van der Waals surface area contributed by atoms with Crippen LogP contribution in [0.5, 0.6) is 5.75 Å². The van der Waals surface area contributed by atoms with Gasteiger partial charge in [0.1, 0.15) is 5.75 Å². The molecular weight excluding hydrogens is 417 g/mol. The summed E-state index contributed by atoms with van der Waals surface area (Å²) < 4.78 is 11.0. The Bertz CT molecular complexity index is 471. The number of hydrogen-bond acceptors (Lipinski definition) is 3. The third kappa shape index (κ3) is 7.25. The molecule has 0 aliphatic carbocycles. The lowest BCUT2D eigenvalue weighted by Crippen LogP contribution is -2.40. The molecular formula is C18H30IN3O2. The summed E-state index contributed by atoms with van der Waals surface area (Å²) in [6.45, 7) is 7.39. The van der Waals surface area contributed by atoms with Gasteiger partial charge in [-0.05, 0) is 25.5 Å². The average Bonchev–Trinajstić information content (AvgIpc) is 3.03. The van der Waals surface area contributed by atoms with Crippen molar-refractivity contribution in [2.75, 3.05) is 46.5 Å². The molecule has 24 heavy (non-hydrogen) atoms. The van der Waals surface area contributed by atoms with Crippen molar-refractivity contribution in [2.24, 2.45) is 10.9 Å². The number of halogens is 1. The van der Waals surface area contributed by atoms with Crippen LogP contribution in [0.25, 0.3) is 0 Å². The van der Waals surface area contributed by atoms with Crippen molar-refractivity contribution < 1.29 is 9.47 Å². The number of hydrogen-bond donors (Lipinski definition) is 1. The van der Waals surface area contributed by atoms with E-state index in [0.29, 0.717) is 12.5 Å². The van der Waals surface area contributed by atoms with Crippen molar-refractivity contribution in [1.29, 1.82) is 0 Å². The average molecular weight is 447 g/mol. The molecule has 2 rings (SSSR count). The highest BCUT2D eigenvalue weighted by molar-refractivity contribution is 14.0. The summed E-state index contributed by atoms with van der Waals surface area (Å²) in [5.74, 6) is 2.56.